The third kappa shape index (κ3) is 3.72. The first-order valence-electron chi connectivity index (χ1n) is 8.10. The molecule has 0 atom stereocenters. The molecule has 0 saturated heterocycles. The molecule has 0 unspecified atom stereocenters. The summed E-state index contributed by atoms with van der Waals surface area (Å²) >= 11 is 1.29. The summed E-state index contributed by atoms with van der Waals surface area (Å²) in [5.74, 6) is -0.306. The van der Waals surface area contributed by atoms with Crippen molar-refractivity contribution in [3.05, 3.63) is 65.7 Å². The summed E-state index contributed by atoms with van der Waals surface area (Å²) in [4.78, 5) is 24.8. The first kappa shape index (κ1) is 18.1. The fraction of sp³-hybridized carbons (Fsp3) is 0.111. The minimum absolute atomic E-state index is 0.0387. The lowest BCUT2D eigenvalue weighted by Gasteiger charge is -2.07. The van der Waals surface area contributed by atoms with Crippen molar-refractivity contribution in [3.63, 3.8) is 0 Å². The van der Waals surface area contributed by atoms with Gasteiger partial charge in [-0.25, -0.2) is 9.97 Å². The second-order valence-electron chi connectivity index (χ2n) is 5.87. The number of alkyl halides is 3. The third-order valence-electron chi connectivity index (χ3n) is 3.94. The topological polar surface area (TPSA) is 72.2 Å². The number of thiazole rings is 1. The van der Waals surface area contributed by atoms with Crippen molar-refractivity contribution in [3.8, 4) is 11.3 Å². The van der Waals surface area contributed by atoms with Gasteiger partial charge in [-0.3, -0.25) is 9.78 Å². The van der Waals surface area contributed by atoms with E-state index in [1.165, 1.54) is 23.6 Å². The SMILES string of the molecule is O=C(Cc1nccn2cc(-c3cccc(C(F)(F)F)c3)nc12)Nc1nccs1. The quantitative estimate of drug-likeness (QED) is 0.558. The van der Waals surface area contributed by atoms with E-state index in [1.54, 1.807) is 34.4 Å². The first-order chi connectivity index (χ1) is 13.4. The molecule has 0 saturated carbocycles. The number of anilines is 1. The monoisotopic (exact) mass is 403 g/mol. The highest BCUT2D eigenvalue weighted by Gasteiger charge is 2.30. The van der Waals surface area contributed by atoms with Crippen LogP contribution in [0.15, 0.2) is 54.4 Å². The van der Waals surface area contributed by atoms with E-state index in [9.17, 15) is 18.0 Å². The summed E-state index contributed by atoms with van der Waals surface area (Å²) < 4.78 is 40.5. The Balaban J connectivity index is 1.65. The van der Waals surface area contributed by atoms with E-state index in [0.717, 1.165) is 12.1 Å². The second kappa shape index (κ2) is 7.04. The fourth-order valence-corrected chi connectivity index (χ4v) is 3.24. The van der Waals surface area contributed by atoms with Crippen molar-refractivity contribution in [2.24, 2.45) is 0 Å². The zero-order valence-electron chi connectivity index (χ0n) is 14.1. The maximum atomic E-state index is 13.0. The Kier molecular flexibility index (Phi) is 4.55. The summed E-state index contributed by atoms with van der Waals surface area (Å²) in [5, 5.41) is 4.88. The Morgan fingerprint density at radius 3 is 2.82 bits per heavy atom. The lowest BCUT2D eigenvalue weighted by Crippen LogP contribution is -2.15. The van der Waals surface area contributed by atoms with Crippen LogP contribution in [0.2, 0.25) is 0 Å². The molecule has 4 aromatic rings. The number of imidazole rings is 1. The largest absolute Gasteiger partial charge is 0.416 e. The van der Waals surface area contributed by atoms with E-state index in [-0.39, 0.29) is 12.3 Å². The first-order valence-corrected chi connectivity index (χ1v) is 8.98. The molecular formula is C18H12F3N5OS. The van der Waals surface area contributed by atoms with Crippen LogP contribution in [-0.4, -0.2) is 25.3 Å². The van der Waals surface area contributed by atoms with Gasteiger partial charge in [0.05, 0.1) is 23.4 Å². The van der Waals surface area contributed by atoms with Crippen molar-refractivity contribution in [1.82, 2.24) is 19.4 Å². The van der Waals surface area contributed by atoms with E-state index >= 15 is 0 Å². The minimum Gasteiger partial charge on any atom is -0.303 e. The zero-order chi connectivity index (χ0) is 19.7. The summed E-state index contributed by atoms with van der Waals surface area (Å²) in [6.07, 6.45) is 1.85. The van der Waals surface area contributed by atoms with Gasteiger partial charge in [0.2, 0.25) is 5.91 Å². The van der Waals surface area contributed by atoms with Gasteiger partial charge in [0.1, 0.15) is 0 Å². The smallest absolute Gasteiger partial charge is 0.303 e. The molecule has 1 N–H and O–H groups in total. The lowest BCUT2D eigenvalue weighted by atomic mass is 10.1. The van der Waals surface area contributed by atoms with Crippen LogP contribution in [0.4, 0.5) is 18.3 Å². The number of hydrogen-bond donors (Lipinski definition) is 1. The highest BCUT2D eigenvalue weighted by atomic mass is 32.1. The molecule has 0 aliphatic carbocycles. The molecule has 0 spiro atoms. The van der Waals surface area contributed by atoms with E-state index < -0.39 is 11.7 Å². The summed E-state index contributed by atoms with van der Waals surface area (Å²) in [6, 6.07) is 4.95. The van der Waals surface area contributed by atoms with Gasteiger partial charge in [0.15, 0.2) is 10.8 Å². The van der Waals surface area contributed by atoms with Crippen LogP contribution in [0, 0.1) is 0 Å². The molecule has 0 bridgehead atoms. The van der Waals surface area contributed by atoms with Crippen molar-refractivity contribution >= 4 is 28.0 Å². The van der Waals surface area contributed by atoms with E-state index in [2.05, 4.69) is 20.3 Å². The van der Waals surface area contributed by atoms with Crippen LogP contribution in [0.5, 0.6) is 0 Å². The molecule has 6 nitrogen and oxygen atoms in total. The predicted octanol–water partition coefficient (Wildman–Crippen LogP) is 4.05. The van der Waals surface area contributed by atoms with Crippen molar-refractivity contribution in [1.29, 1.82) is 0 Å². The predicted molar refractivity (Wildman–Crippen MR) is 97.9 cm³/mol. The van der Waals surface area contributed by atoms with Crippen LogP contribution in [0.1, 0.15) is 11.3 Å². The van der Waals surface area contributed by atoms with Crippen LogP contribution in [0.25, 0.3) is 16.9 Å². The van der Waals surface area contributed by atoms with Gasteiger partial charge >= 0.3 is 6.18 Å². The van der Waals surface area contributed by atoms with E-state index in [1.807, 2.05) is 0 Å². The highest BCUT2D eigenvalue weighted by molar-refractivity contribution is 7.13. The number of nitrogens with zero attached hydrogens (tertiary/aromatic N) is 4. The maximum absolute atomic E-state index is 13.0. The van der Waals surface area contributed by atoms with Gasteiger partial charge in [0.25, 0.3) is 0 Å². The second-order valence-corrected chi connectivity index (χ2v) is 6.77. The van der Waals surface area contributed by atoms with Crippen LogP contribution < -0.4 is 5.32 Å². The number of benzene rings is 1. The number of hydrogen-bond acceptors (Lipinski definition) is 5. The fourth-order valence-electron chi connectivity index (χ4n) is 2.69. The molecule has 28 heavy (non-hydrogen) atoms. The van der Waals surface area contributed by atoms with Gasteiger partial charge in [-0.2, -0.15) is 13.2 Å². The molecule has 0 fully saturated rings. The molecule has 0 aliphatic rings. The number of nitrogens with one attached hydrogen (secondary N) is 1. The molecule has 1 amide bonds. The summed E-state index contributed by atoms with van der Waals surface area (Å²) in [6.45, 7) is 0. The summed E-state index contributed by atoms with van der Waals surface area (Å²) in [7, 11) is 0. The Labute approximate surface area is 160 Å². The van der Waals surface area contributed by atoms with Crippen molar-refractivity contribution in [2.45, 2.75) is 12.6 Å². The van der Waals surface area contributed by atoms with Crippen molar-refractivity contribution < 1.29 is 18.0 Å². The molecule has 4 rings (SSSR count). The molecule has 0 aliphatic heterocycles. The number of carbonyl (C=O) groups is 1. The van der Waals surface area contributed by atoms with Crippen LogP contribution in [0.3, 0.4) is 0 Å². The normalized spacial score (nSPS) is 11.7. The van der Waals surface area contributed by atoms with E-state index in [4.69, 9.17) is 0 Å². The Morgan fingerprint density at radius 1 is 1.21 bits per heavy atom. The number of aromatic nitrogens is 4. The molecule has 1 aromatic carbocycles. The number of rotatable bonds is 4. The average Bonchev–Trinajstić information content (AvgIpc) is 3.31. The number of fused-ring (bicyclic) bond motifs is 1. The van der Waals surface area contributed by atoms with Crippen molar-refractivity contribution in [2.75, 3.05) is 5.32 Å². The Morgan fingerprint density at radius 2 is 2.07 bits per heavy atom. The Hall–Kier alpha value is -3.27. The molecule has 142 valence electrons. The average molecular weight is 403 g/mol. The van der Waals surface area contributed by atoms with Gasteiger partial charge in [-0.05, 0) is 12.1 Å². The molecule has 0 radical (unpaired) electrons. The molecule has 10 heteroatoms. The van der Waals surface area contributed by atoms with E-state index in [0.29, 0.717) is 27.7 Å². The zero-order valence-corrected chi connectivity index (χ0v) is 15.0. The van der Waals surface area contributed by atoms with Crippen LogP contribution in [-0.2, 0) is 17.4 Å². The third-order valence-corrected chi connectivity index (χ3v) is 4.63. The molecular weight excluding hydrogens is 391 g/mol. The highest BCUT2D eigenvalue weighted by Crippen LogP contribution is 2.32. The maximum Gasteiger partial charge on any atom is 0.416 e. The number of carbonyl (C=O) groups excluding carboxylic acids is 1. The number of amides is 1. The number of halogens is 3. The minimum atomic E-state index is -4.43. The van der Waals surface area contributed by atoms with Gasteiger partial charge in [-0.1, -0.05) is 12.1 Å². The van der Waals surface area contributed by atoms with Gasteiger partial charge in [0, 0.05) is 35.7 Å². The molecule has 3 aromatic heterocycles. The van der Waals surface area contributed by atoms with Gasteiger partial charge in [-0.15, -0.1) is 11.3 Å². The molecule has 3 heterocycles. The summed E-state index contributed by atoms with van der Waals surface area (Å²) in [5.41, 5.74) is 0.764. The van der Waals surface area contributed by atoms with Crippen LogP contribution >= 0.6 is 11.3 Å². The standard InChI is InChI=1S/C18H12F3N5OS/c19-18(20,21)12-3-1-2-11(8-12)14-10-26-6-4-22-13(16(26)24-14)9-15(27)25-17-23-5-7-28-17/h1-8,10H,9H2,(H,23,25,27). The van der Waals surface area contributed by atoms with Gasteiger partial charge < -0.3 is 9.72 Å². The Bertz CT molecular complexity index is 1140. The lowest BCUT2D eigenvalue weighted by molar-refractivity contribution is -0.137.